The molecule has 25 heteroatoms. The lowest BCUT2D eigenvalue weighted by Gasteiger charge is -2.29. The number of amides is 8. The van der Waals surface area contributed by atoms with Crippen molar-refractivity contribution in [2.75, 3.05) is 25.4 Å². The lowest BCUT2D eigenvalue weighted by molar-refractivity contribution is -0.154. The average molecular weight is 1290 g/mol. The summed E-state index contributed by atoms with van der Waals surface area (Å²) in [4.78, 5) is 138. The third kappa shape index (κ3) is 29.7. The van der Waals surface area contributed by atoms with Crippen LogP contribution in [0, 0.1) is 18.8 Å². The minimum atomic E-state index is -1.45. The Labute approximate surface area is 534 Å². The lowest BCUT2D eigenvalue weighted by atomic mass is 9.98. The molecular formula is C64H98ClN9O14S. The van der Waals surface area contributed by atoms with E-state index in [4.69, 9.17) is 30.5 Å². The number of halogens is 1. The zero-order valence-corrected chi connectivity index (χ0v) is 55.2. The van der Waals surface area contributed by atoms with E-state index in [1.54, 1.807) is 45.0 Å². The van der Waals surface area contributed by atoms with Gasteiger partial charge in [0.25, 0.3) is 0 Å². The SMILES string of the molecule is Cc1ccc(CSC[C@H](NC(=O)[C@H](C)NC(=O)OC(C)(C)C)C(=O)N[C@@H](C)C(=O)N[C@@H](CCC(=O)OC2CCCCC2)C(=O)N[C@@H](CC(C)C)C(=O)N[C@@H](CC(C)C)C(=O)N[C@@H](CCCCNC(=O)OCc2ccccc2Cl)C(=O)OC2CCCNC2)cc1. The molecule has 0 radical (unpaired) electrons. The number of carbonyl (C=O) groups is 10. The number of thioether (sulfide) groups is 1. The Morgan fingerprint density at radius 1 is 0.607 bits per heavy atom. The fourth-order valence-electron chi connectivity index (χ4n) is 9.76. The van der Waals surface area contributed by atoms with Crippen LogP contribution in [0.25, 0.3) is 0 Å². The molecule has 0 spiro atoms. The molecule has 4 rings (SSSR count). The zero-order valence-electron chi connectivity index (χ0n) is 53.6. The van der Waals surface area contributed by atoms with Gasteiger partial charge in [-0.3, -0.25) is 33.6 Å². The van der Waals surface area contributed by atoms with Gasteiger partial charge in [0.05, 0.1) is 0 Å². The van der Waals surface area contributed by atoms with Crippen LogP contribution in [-0.2, 0) is 69.7 Å². The number of hydrogen-bond donors (Lipinski definition) is 9. The maximum atomic E-state index is 14.6. The smallest absolute Gasteiger partial charge is 0.408 e. The maximum Gasteiger partial charge on any atom is 0.408 e. The first kappa shape index (κ1) is 74.8. The van der Waals surface area contributed by atoms with Gasteiger partial charge in [0.2, 0.25) is 35.4 Å². The number of piperidine rings is 1. The van der Waals surface area contributed by atoms with Crippen molar-refractivity contribution in [3.05, 3.63) is 70.2 Å². The van der Waals surface area contributed by atoms with Gasteiger partial charge in [0.15, 0.2) is 0 Å². The highest BCUT2D eigenvalue weighted by molar-refractivity contribution is 7.98. The predicted octanol–water partition coefficient (Wildman–Crippen LogP) is 6.86. The molecule has 1 saturated carbocycles. The number of hydrogen-bond acceptors (Lipinski definition) is 16. The van der Waals surface area contributed by atoms with Crippen molar-refractivity contribution in [3.63, 3.8) is 0 Å². The minimum Gasteiger partial charge on any atom is -0.462 e. The molecule has 2 aromatic rings. The summed E-state index contributed by atoms with van der Waals surface area (Å²) >= 11 is 7.55. The second-order valence-corrected chi connectivity index (χ2v) is 26.4. The topological polar surface area (TPSA) is 316 Å². The average Bonchev–Trinajstić information content (AvgIpc) is 2.81. The number of ether oxygens (including phenoxy) is 4. The van der Waals surface area contributed by atoms with Crippen LogP contribution in [0.5, 0.6) is 0 Å². The van der Waals surface area contributed by atoms with Crippen molar-refractivity contribution in [1.29, 1.82) is 0 Å². The molecular weight excluding hydrogens is 1190 g/mol. The monoisotopic (exact) mass is 1280 g/mol. The first-order chi connectivity index (χ1) is 42.2. The Bertz CT molecular complexity index is 2630. The van der Waals surface area contributed by atoms with E-state index in [2.05, 4.69) is 47.9 Å². The molecule has 1 saturated heterocycles. The highest BCUT2D eigenvalue weighted by atomic mass is 35.5. The number of rotatable bonds is 34. The van der Waals surface area contributed by atoms with Gasteiger partial charge in [-0.2, -0.15) is 11.8 Å². The van der Waals surface area contributed by atoms with Crippen LogP contribution in [0.15, 0.2) is 48.5 Å². The van der Waals surface area contributed by atoms with E-state index < -0.39 is 114 Å². The van der Waals surface area contributed by atoms with Gasteiger partial charge in [-0.1, -0.05) is 93.7 Å². The van der Waals surface area contributed by atoms with Crippen LogP contribution in [0.4, 0.5) is 9.59 Å². The Kier molecular flexibility index (Phi) is 32.6. The zero-order chi connectivity index (χ0) is 65.6. The van der Waals surface area contributed by atoms with Crippen LogP contribution < -0.4 is 47.9 Å². The van der Waals surface area contributed by atoms with E-state index in [9.17, 15) is 47.9 Å². The second-order valence-electron chi connectivity index (χ2n) is 24.9. The van der Waals surface area contributed by atoms with E-state index in [1.807, 2.05) is 58.9 Å². The summed E-state index contributed by atoms with van der Waals surface area (Å²) in [5.74, 6) is -5.51. The number of nitrogens with one attached hydrogen (secondary N) is 9. The molecule has 89 heavy (non-hydrogen) atoms. The summed E-state index contributed by atoms with van der Waals surface area (Å²) in [5, 5.41) is 25.3. The number of esters is 2. The van der Waals surface area contributed by atoms with E-state index in [0.29, 0.717) is 55.0 Å². The summed E-state index contributed by atoms with van der Waals surface area (Å²) in [6.07, 6.45) is 4.05. The normalized spacial score (nSPS) is 16.8. The molecule has 2 aliphatic rings. The fourth-order valence-corrected chi connectivity index (χ4v) is 11.0. The van der Waals surface area contributed by atoms with E-state index in [0.717, 1.165) is 43.4 Å². The first-order valence-electron chi connectivity index (χ1n) is 31.4. The Hall–Kier alpha value is -6.66. The molecule has 1 aliphatic heterocycles. The molecule has 496 valence electrons. The molecule has 1 unspecified atom stereocenters. The molecule has 2 aromatic carbocycles. The third-order valence-corrected chi connectivity index (χ3v) is 16.1. The standard InChI is InChI=1S/C64H98ClN9O14S/c1-39(2)33-51(58(79)71-50(61(82)87-47-22-18-31-66-35-47)24-16-17-32-67-62(83)85-36-45-19-14-15-23-48(45)65)73-59(80)52(34-40(3)4)72-57(78)49(29-30-54(75)86-46-20-12-11-13-21-46)70-55(76)42(6)68-60(81)53(38-89-37-44-27-25-41(5)26-28-44)74-56(77)43(7)69-63(84)88-64(8,9)10/h14-15,19,23,25-28,39-40,42-43,46-47,49-53,66H,11-13,16-18,20-22,24,29-38H2,1-10H3,(H,67,83)(H,68,81)(H,69,84)(H,70,76)(H,71,79)(H,72,78)(H,73,80)(H,74,77)/t42-,43-,47?,49-,50-,51-,52-,53-/m0/s1. The second kappa shape index (κ2) is 38.8. The Morgan fingerprint density at radius 2 is 1.17 bits per heavy atom. The van der Waals surface area contributed by atoms with Crippen molar-refractivity contribution in [2.24, 2.45) is 11.8 Å². The van der Waals surface area contributed by atoms with Crippen LogP contribution in [0.3, 0.4) is 0 Å². The Balaban J connectivity index is 1.50. The van der Waals surface area contributed by atoms with Crippen molar-refractivity contribution in [1.82, 2.24) is 47.9 Å². The summed E-state index contributed by atoms with van der Waals surface area (Å²) in [7, 11) is 0. The minimum absolute atomic E-state index is 0.0257. The number of alkyl carbamates (subject to hydrolysis) is 2. The first-order valence-corrected chi connectivity index (χ1v) is 32.9. The summed E-state index contributed by atoms with van der Waals surface area (Å²) in [6.45, 7) is 18.6. The molecule has 8 atom stereocenters. The van der Waals surface area contributed by atoms with Crippen LogP contribution in [-0.4, -0.2) is 145 Å². The van der Waals surface area contributed by atoms with Crippen molar-refractivity contribution in [3.8, 4) is 0 Å². The molecule has 2 fully saturated rings. The predicted molar refractivity (Wildman–Crippen MR) is 340 cm³/mol. The van der Waals surface area contributed by atoms with Crippen molar-refractivity contribution < 1.29 is 66.9 Å². The number of aryl methyl sites for hydroxylation is 1. The van der Waals surface area contributed by atoms with Gasteiger partial charge >= 0.3 is 24.1 Å². The molecule has 0 bridgehead atoms. The molecule has 9 N–H and O–H groups in total. The highest BCUT2D eigenvalue weighted by Crippen LogP contribution is 2.22. The summed E-state index contributed by atoms with van der Waals surface area (Å²) in [5.41, 5.74) is 1.84. The van der Waals surface area contributed by atoms with Crippen LogP contribution >= 0.6 is 23.4 Å². The number of carbonyl (C=O) groups excluding carboxylic acids is 10. The number of unbranched alkanes of at least 4 members (excludes halogenated alkanes) is 1. The molecule has 1 aliphatic carbocycles. The van der Waals surface area contributed by atoms with Crippen LogP contribution in [0.2, 0.25) is 5.02 Å². The van der Waals surface area contributed by atoms with Crippen molar-refractivity contribution in [2.45, 2.75) is 232 Å². The quantitative estimate of drug-likeness (QED) is 0.0196. The summed E-state index contributed by atoms with van der Waals surface area (Å²) < 4.78 is 22.3. The third-order valence-electron chi connectivity index (χ3n) is 14.6. The van der Waals surface area contributed by atoms with Gasteiger partial charge in [-0.25, -0.2) is 14.4 Å². The van der Waals surface area contributed by atoms with E-state index in [-0.39, 0.29) is 68.9 Å². The maximum absolute atomic E-state index is 14.6. The fraction of sp³-hybridized carbons (Fsp3) is 0.656. The van der Waals surface area contributed by atoms with Gasteiger partial charge in [-0.05, 0) is 149 Å². The Morgan fingerprint density at radius 3 is 1.76 bits per heavy atom. The molecule has 8 amide bonds. The van der Waals surface area contributed by atoms with Crippen LogP contribution in [0.1, 0.15) is 169 Å². The molecule has 23 nitrogen and oxygen atoms in total. The van der Waals surface area contributed by atoms with Gasteiger partial charge in [0, 0.05) is 41.6 Å². The van der Waals surface area contributed by atoms with Crippen molar-refractivity contribution >= 4 is 82.9 Å². The summed E-state index contributed by atoms with van der Waals surface area (Å²) in [6, 6.07) is 6.13. The highest BCUT2D eigenvalue weighted by Gasteiger charge is 2.35. The van der Waals surface area contributed by atoms with Gasteiger partial charge in [0.1, 0.15) is 66.7 Å². The lowest BCUT2D eigenvalue weighted by Crippen LogP contribution is -2.60. The van der Waals surface area contributed by atoms with E-state index >= 15 is 0 Å². The number of benzene rings is 2. The van der Waals surface area contributed by atoms with Gasteiger partial charge < -0.3 is 66.8 Å². The van der Waals surface area contributed by atoms with E-state index in [1.165, 1.54) is 25.6 Å². The largest absolute Gasteiger partial charge is 0.462 e. The molecule has 1 heterocycles. The van der Waals surface area contributed by atoms with Gasteiger partial charge in [-0.15, -0.1) is 0 Å². The molecule has 0 aromatic heterocycles.